The number of nitrogens with one attached hydrogen (secondary N) is 1. The van der Waals surface area contributed by atoms with Crippen molar-refractivity contribution >= 4 is 17.8 Å². The standard InChI is InChI=1S/C21H24ClN7/c1-28-20-8-9-29(12-19(20)25-21(28)14-4-2-3-5-16(14)22)13-6-7-15-17(10-13)24-11-18(15)26-27-23/h2-5,11,13,18,21,25H,6-10,12H2,1H3. The molecule has 5 rings (SSSR count). The fourth-order valence-electron chi connectivity index (χ4n) is 5.10. The molecule has 1 aromatic rings. The van der Waals surface area contributed by atoms with Gasteiger partial charge < -0.3 is 10.2 Å². The normalized spacial score (nSPS) is 28.9. The third-order valence-corrected chi connectivity index (χ3v) is 6.98. The van der Waals surface area contributed by atoms with Crippen LogP contribution in [0.3, 0.4) is 0 Å². The van der Waals surface area contributed by atoms with Crippen LogP contribution >= 0.6 is 11.6 Å². The topological polar surface area (TPSA) is 79.6 Å². The van der Waals surface area contributed by atoms with E-state index < -0.39 is 0 Å². The molecule has 0 saturated carbocycles. The van der Waals surface area contributed by atoms with Crippen LogP contribution in [-0.4, -0.2) is 48.2 Å². The van der Waals surface area contributed by atoms with Gasteiger partial charge in [-0.15, -0.1) is 0 Å². The smallest absolute Gasteiger partial charge is 0.126 e. The van der Waals surface area contributed by atoms with E-state index in [2.05, 4.69) is 43.2 Å². The minimum atomic E-state index is -0.173. The first-order chi connectivity index (χ1) is 14.2. The molecule has 1 aromatic carbocycles. The van der Waals surface area contributed by atoms with Crippen molar-refractivity contribution in [3.05, 3.63) is 68.0 Å². The van der Waals surface area contributed by atoms with Crippen LogP contribution in [0.15, 0.2) is 57.0 Å². The van der Waals surface area contributed by atoms with Gasteiger partial charge in [-0.25, -0.2) is 0 Å². The predicted octanol–water partition coefficient (Wildman–Crippen LogP) is 4.36. The van der Waals surface area contributed by atoms with E-state index in [0.29, 0.717) is 6.04 Å². The van der Waals surface area contributed by atoms with Crippen molar-refractivity contribution < 1.29 is 0 Å². The molecule has 0 amide bonds. The average Bonchev–Trinajstić information content (AvgIpc) is 3.29. The molecule has 29 heavy (non-hydrogen) atoms. The van der Waals surface area contributed by atoms with Crippen LogP contribution in [0.25, 0.3) is 10.4 Å². The van der Waals surface area contributed by atoms with Crippen LogP contribution < -0.4 is 5.32 Å². The molecule has 0 saturated heterocycles. The van der Waals surface area contributed by atoms with Gasteiger partial charge in [-0.2, -0.15) is 0 Å². The molecule has 7 nitrogen and oxygen atoms in total. The first-order valence-electron chi connectivity index (χ1n) is 10.2. The van der Waals surface area contributed by atoms with Crippen LogP contribution in [0.5, 0.6) is 0 Å². The molecule has 0 bridgehead atoms. The van der Waals surface area contributed by atoms with Gasteiger partial charge in [0.15, 0.2) is 0 Å². The van der Waals surface area contributed by atoms with E-state index in [1.165, 1.54) is 17.0 Å². The Morgan fingerprint density at radius 3 is 3.00 bits per heavy atom. The van der Waals surface area contributed by atoms with Gasteiger partial charge in [-0.1, -0.05) is 34.9 Å². The molecule has 3 aliphatic heterocycles. The lowest BCUT2D eigenvalue weighted by molar-refractivity contribution is 0.181. The minimum absolute atomic E-state index is 0.0957. The highest BCUT2D eigenvalue weighted by Crippen LogP contribution is 2.39. The molecule has 3 heterocycles. The summed E-state index contributed by atoms with van der Waals surface area (Å²) in [6.07, 6.45) is 5.92. The Bertz CT molecular complexity index is 975. The van der Waals surface area contributed by atoms with Gasteiger partial charge in [0.05, 0.1) is 6.04 Å². The molecule has 0 spiro atoms. The molecule has 3 unspecified atom stereocenters. The second-order valence-corrected chi connectivity index (χ2v) is 8.53. The monoisotopic (exact) mass is 409 g/mol. The molecule has 0 radical (unpaired) electrons. The Labute approximate surface area is 175 Å². The van der Waals surface area contributed by atoms with E-state index in [0.717, 1.165) is 55.1 Å². The lowest BCUT2D eigenvalue weighted by atomic mass is 9.89. The van der Waals surface area contributed by atoms with Crippen molar-refractivity contribution in [1.29, 1.82) is 0 Å². The number of nitrogens with zero attached hydrogens (tertiary/aromatic N) is 6. The van der Waals surface area contributed by atoms with Crippen LogP contribution in [0, 0.1) is 0 Å². The minimum Gasteiger partial charge on any atom is -0.362 e. The molecule has 8 heteroatoms. The van der Waals surface area contributed by atoms with Gasteiger partial charge in [0.1, 0.15) is 6.17 Å². The van der Waals surface area contributed by atoms with E-state index in [1.54, 1.807) is 6.21 Å². The van der Waals surface area contributed by atoms with Gasteiger partial charge >= 0.3 is 0 Å². The number of hydrogen-bond acceptors (Lipinski definition) is 5. The Hall–Kier alpha value is -2.47. The van der Waals surface area contributed by atoms with Gasteiger partial charge in [0.25, 0.3) is 0 Å². The van der Waals surface area contributed by atoms with Crippen LogP contribution in [0.2, 0.25) is 5.02 Å². The first-order valence-corrected chi connectivity index (χ1v) is 10.5. The van der Waals surface area contributed by atoms with Crippen LogP contribution in [-0.2, 0) is 0 Å². The number of hydrogen-bond donors (Lipinski definition) is 1. The summed E-state index contributed by atoms with van der Waals surface area (Å²) in [5, 5.41) is 8.39. The Morgan fingerprint density at radius 2 is 2.17 bits per heavy atom. The summed E-state index contributed by atoms with van der Waals surface area (Å²) in [5.41, 5.74) is 14.9. The van der Waals surface area contributed by atoms with E-state index in [9.17, 15) is 0 Å². The molecular formula is C21H24ClN7. The largest absolute Gasteiger partial charge is 0.362 e. The van der Waals surface area contributed by atoms with Crippen molar-refractivity contribution in [2.24, 2.45) is 10.1 Å². The SMILES string of the molecule is CN1C2=C(CN(C3CCC4=C(C3)N=CC4N=[N+]=[N-])CC2)NC1c1ccccc1Cl. The zero-order valence-electron chi connectivity index (χ0n) is 16.4. The molecule has 4 aliphatic rings. The third kappa shape index (κ3) is 3.19. The maximum Gasteiger partial charge on any atom is 0.126 e. The molecule has 150 valence electrons. The Balaban J connectivity index is 1.29. The summed E-state index contributed by atoms with van der Waals surface area (Å²) in [6.45, 7) is 1.98. The fraction of sp³-hybridized carbons (Fsp3) is 0.476. The summed E-state index contributed by atoms with van der Waals surface area (Å²) >= 11 is 6.46. The average molecular weight is 410 g/mol. The number of azide groups is 1. The molecule has 3 atom stereocenters. The first kappa shape index (κ1) is 18.6. The zero-order chi connectivity index (χ0) is 20.0. The van der Waals surface area contributed by atoms with Crippen molar-refractivity contribution in [3.63, 3.8) is 0 Å². The highest BCUT2D eigenvalue weighted by molar-refractivity contribution is 6.31. The molecule has 1 N–H and O–H groups in total. The predicted molar refractivity (Wildman–Crippen MR) is 114 cm³/mol. The van der Waals surface area contributed by atoms with Crippen molar-refractivity contribution in [3.8, 4) is 0 Å². The van der Waals surface area contributed by atoms with Gasteiger partial charge in [-0.3, -0.25) is 9.89 Å². The maximum atomic E-state index is 8.74. The molecule has 0 aromatic heterocycles. The summed E-state index contributed by atoms with van der Waals surface area (Å²) in [7, 11) is 2.15. The Morgan fingerprint density at radius 1 is 1.31 bits per heavy atom. The molecule has 0 fully saturated rings. The van der Waals surface area contributed by atoms with E-state index >= 15 is 0 Å². The van der Waals surface area contributed by atoms with E-state index in [1.807, 2.05) is 18.2 Å². The zero-order valence-corrected chi connectivity index (χ0v) is 17.2. The number of rotatable bonds is 3. The maximum absolute atomic E-state index is 8.74. The number of aliphatic imine (C=N–C) groups is 1. The van der Waals surface area contributed by atoms with Crippen LogP contribution in [0.4, 0.5) is 0 Å². The number of benzene rings is 1. The summed E-state index contributed by atoms with van der Waals surface area (Å²) in [5.74, 6) is 0. The lowest BCUT2D eigenvalue weighted by Crippen LogP contribution is -2.43. The van der Waals surface area contributed by atoms with Gasteiger partial charge in [0.2, 0.25) is 0 Å². The third-order valence-electron chi connectivity index (χ3n) is 6.64. The Kier molecular flexibility index (Phi) is 4.74. The lowest BCUT2D eigenvalue weighted by Gasteiger charge is -2.37. The molecule has 1 aliphatic carbocycles. The highest BCUT2D eigenvalue weighted by atomic mass is 35.5. The van der Waals surface area contributed by atoms with Crippen molar-refractivity contribution in [2.45, 2.75) is 43.9 Å². The molecular weight excluding hydrogens is 386 g/mol. The van der Waals surface area contributed by atoms with Crippen molar-refractivity contribution in [1.82, 2.24) is 15.1 Å². The van der Waals surface area contributed by atoms with E-state index in [-0.39, 0.29) is 12.2 Å². The quantitative estimate of drug-likeness (QED) is 0.457. The summed E-state index contributed by atoms with van der Waals surface area (Å²) < 4.78 is 0. The second kappa shape index (κ2) is 7.41. The van der Waals surface area contributed by atoms with Crippen LogP contribution in [0.1, 0.15) is 37.4 Å². The second-order valence-electron chi connectivity index (χ2n) is 8.12. The van der Waals surface area contributed by atoms with Crippen molar-refractivity contribution in [2.75, 3.05) is 20.1 Å². The number of halogens is 1. The highest BCUT2D eigenvalue weighted by Gasteiger charge is 2.37. The van der Waals surface area contributed by atoms with Gasteiger partial charge in [-0.05, 0) is 30.0 Å². The summed E-state index contributed by atoms with van der Waals surface area (Å²) in [6, 6.07) is 8.37. The summed E-state index contributed by atoms with van der Waals surface area (Å²) in [4.78, 5) is 12.4. The van der Waals surface area contributed by atoms with Gasteiger partial charge in [0, 0.05) is 77.8 Å². The fourth-order valence-corrected chi connectivity index (χ4v) is 5.34. The van der Waals surface area contributed by atoms with E-state index in [4.69, 9.17) is 17.1 Å².